The Balaban J connectivity index is 1.42. The second-order valence-corrected chi connectivity index (χ2v) is 6.64. The third-order valence-corrected chi connectivity index (χ3v) is 4.68. The summed E-state index contributed by atoms with van der Waals surface area (Å²) < 4.78 is 11.5. The molecular formula is C23H20O4. The van der Waals surface area contributed by atoms with Crippen LogP contribution in [-0.2, 0) is 9.59 Å². The molecule has 0 unspecified atom stereocenters. The van der Waals surface area contributed by atoms with Crippen LogP contribution in [0.5, 0.6) is 11.5 Å². The predicted molar refractivity (Wildman–Crippen MR) is 103 cm³/mol. The topological polar surface area (TPSA) is 52.6 Å². The Labute approximate surface area is 158 Å². The first kappa shape index (κ1) is 17.3. The molecule has 0 bridgehead atoms. The summed E-state index contributed by atoms with van der Waals surface area (Å²) in [5, 5.41) is 0. The maximum absolute atomic E-state index is 12.6. The molecule has 0 saturated carbocycles. The number of fused-ring (bicyclic) bond motifs is 1. The van der Waals surface area contributed by atoms with Crippen molar-refractivity contribution in [2.24, 2.45) is 0 Å². The van der Waals surface area contributed by atoms with Gasteiger partial charge in [0.2, 0.25) is 5.78 Å². The van der Waals surface area contributed by atoms with Crippen molar-refractivity contribution in [1.29, 1.82) is 0 Å². The molecule has 0 fully saturated rings. The highest BCUT2D eigenvalue weighted by Crippen LogP contribution is 2.29. The van der Waals surface area contributed by atoms with Gasteiger partial charge in [-0.15, -0.1) is 0 Å². The van der Waals surface area contributed by atoms with Gasteiger partial charge in [-0.3, -0.25) is 9.59 Å². The smallest absolute Gasteiger partial charge is 0.228 e. The predicted octanol–water partition coefficient (Wildman–Crippen LogP) is 4.40. The first-order chi connectivity index (χ1) is 13.2. The molecule has 0 radical (unpaired) electrons. The lowest BCUT2D eigenvalue weighted by molar-refractivity contribution is -0.117. The van der Waals surface area contributed by atoms with Crippen LogP contribution in [0, 0.1) is 0 Å². The van der Waals surface area contributed by atoms with E-state index in [2.05, 4.69) is 18.2 Å². The first-order valence-electron chi connectivity index (χ1n) is 9.18. The minimum absolute atomic E-state index is 0.0662. The van der Waals surface area contributed by atoms with E-state index in [0.29, 0.717) is 23.5 Å². The third kappa shape index (κ3) is 3.85. The lowest BCUT2D eigenvalue weighted by atomic mass is 9.86. The van der Waals surface area contributed by atoms with Crippen molar-refractivity contribution in [3.8, 4) is 11.5 Å². The van der Waals surface area contributed by atoms with Crippen LogP contribution in [0.15, 0.2) is 83.2 Å². The summed E-state index contributed by atoms with van der Waals surface area (Å²) >= 11 is 0. The van der Waals surface area contributed by atoms with Crippen molar-refractivity contribution in [3.63, 3.8) is 0 Å². The Hall–Kier alpha value is -3.14. The maximum Gasteiger partial charge on any atom is 0.228 e. The van der Waals surface area contributed by atoms with E-state index in [0.717, 1.165) is 31.4 Å². The summed E-state index contributed by atoms with van der Waals surface area (Å²) in [4.78, 5) is 24.8. The number of Topliss-reactive ketones (excluding diaryl/α,β-unsaturated/α-hetero) is 1. The molecule has 1 aromatic carbocycles. The van der Waals surface area contributed by atoms with Gasteiger partial charge < -0.3 is 9.47 Å². The Morgan fingerprint density at radius 3 is 2.26 bits per heavy atom. The number of allylic oxidation sites excluding steroid dienone is 7. The molecule has 0 spiro atoms. The van der Waals surface area contributed by atoms with E-state index >= 15 is 0 Å². The highest BCUT2D eigenvalue weighted by Gasteiger charge is 2.30. The van der Waals surface area contributed by atoms with E-state index in [1.807, 2.05) is 12.2 Å². The number of hydrogen-bond donors (Lipinski definition) is 0. The molecule has 0 heterocycles. The molecule has 0 amide bonds. The third-order valence-electron chi connectivity index (χ3n) is 4.68. The molecule has 4 heteroatoms. The summed E-state index contributed by atoms with van der Waals surface area (Å²) in [6, 6.07) is 7.06. The zero-order valence-corrected chi connectivity index (χ0v) is 14.9. The van der Waals surface area contributed by atoms with Crippen LogP contribution in [0.25, 0.3) is 0 Å². The Kier molecular flexibility index (Phi) is 4.88. The average molecular weight is 360 g/mol. The van der Waals surface area contributed by atoms with Crippen LogP contribution in [-0.4, -0.2) is 18.2 Å². The Morgan fingerprint density at radius 2 is 1.52 bits per heavy atom. The zero-order valence-electron chi connectivity index (χ0n) is 14.9. The number of benzene rings is 1. The van der Waals surface area contributed by atoms with Gasteiger partial charge in [-0.2, -0.15) is 0 Å². The SMILES string of the molecule is O=C1C=C(Oc2ccc(OCC3=CCCC=C3)cc2)C(=O)C2=CCCC=C12. The van der Waals surface area contributed by atoms with Gasteiger partial charge in [-0.05, 0) is 55.5 Å². The molecule has 1 aromatic rings. The zero-order chi connectivity index (χ0) is 18.6. The standard InChI is InChI=1S/C23H20O4/c24-21-14-22(23(25)20-9-5-4-8-19(20)21)27-18-12-10-17(11-13-18)26-15-16-6-2-1-3-7-16/h2,6-14H,1,3-5,15H2. The van der Waals surface area contributed by atoms with Gasteiger partial charge >= 0.3 is 0 Å². The summed E-state index contributed by atoms with van der Waals surface area (Å²) in [5.74, 6) is 0.871. The minimum atomic E-state index is -0.239. The molecule has 0 atom stereocenters. The van der Waals surface area contributed by atoms with Crippen molar-refractivity contribution in [3.05, 3.63) is 83.2 Å². The minimum Gasteiger partial charge on any atom is -0.489 e. The molecular weight excluding hydrogens is 340 g/mol. The van der Waals surface area contributed by atoms with Gasteiger partial charge in [0.05, 0.1) is 0 Å². The Morgan fingerprint density at radius 1 is 0.815 bits per heavy atom. The molecule has 3 aliphatic rings. The summed E-state index contributed by atoms with van der Waals surface area (Å²) in [6.45, 7) is 0.526. The van der Waals surface area contributed by atoms with Gasteiger partial charge in [-0.25, -0.2) is 0 Å². The van der Waals surface area contributed by atoms with Crippen LogP contribution in [0.4, 0.5) is 0 Å². The van der Waals surface area contributed by atoms with Gasteiger partial charge in [0.1, 0.15) is 18.1 Å². The number of ketones is 2. The highest BCUT2D eigenvalue weighted by atomic mass is 16.5. The van der Waals surface area contributed by atoms with Crippen molar-refractivity contribution >= 4 is 11.6 Å². The van der Waals surface area contributed by atoms with E-state index in [9.17, 15) is 9.59 Å². The molecule has 0 saturated heterocycles. The lowest BCUT2D eigenvalue weighted by Gasteiger charge is -2.20. The van der Waals surface area contributed by atoms with E-state index in [1.54, 1.807) is 24.3 Å². The largest absolute Gasteiger partial charge is 0.489 e. The number of ether oxygens (including phenoxy) is 2. The first-order valence-corrected chi connectivity index (χ1v) is 9.18. The van der Waals surface area contributed by atoms with Crippen LogP contribution in [0.3, 0.4) is 0 Å². The molecule has 4 nitrogen and oxygen atoms in total. The molecule has 27 heavy (non-hydrogen) atoms. The van der Waals surface area contributed by atoms with Crippen molar-refractivity contribution < 1.29 is 19.1 Å². The monoisotopic (exact) mass is 360 g/mol. The molecule has 0 aliphatic heterocycles. The molecule has 0 N–H and O–H groups in total. The molecule has 0 aromatic heterocycles. The van der Waals surface area contributed by atoms with Gasteiger partial charge in [0.15, 0.2) is 11.5 Å². The summed E-state index contributed by atoms with van der Waals surface area (Å²) in [5.41, 5.74) is 2.12. The van der Waals surface area contributed by atoms with Crippen molar-refractivity contribution in [1.82, 2.24) is 0 Å². The normalized spacial score (nSPS) is 18.8. The summed E-state index contributed by atoms with van der Waals surface area (Å²) in [7, 11) is 0. The maximum atomic E-state index is 12.6. The van der Waals surface area contributed by atoms with E-state index < -0.39 is 0 Å². The number of rotatable bonds is 5. The van der Waals surface area contributed by atoms with E-state index in [4.69, 9.17) is 9.47 Å². The van der Waals surface area contributed by atoms with Gasteiger partial charge in [-0.1, -0.05) is 30.4 Å². The van der Waals surface area contributed by atoms with Gasteiger partial charge in [0, 0.05) is 17.2 Å². The number of carbonyl (C=O) groups excluding carboxylic acids is 2. The molecule has 3 aliphatic carbocycles. The Bertz CT molecular complexity index is 924. The van der Waals surface area contributed by atoms with Crippen LogP contribution in [0.2, 0.25) is 0 Å². The quantitative estimate of drug-likeness (QED) is 0.781. The second kappa shape index (κ2) is 7.62. The highest BCUT2D eigenvalue weighted by molar-refractivity contribution is 6.26. The van der Waals surface area contributed by atoms with Crippen molar-refractivity contribution in [2.45, 2.75) is 25.7 Å². The van der Waals surface area contributed by atoms with Crippen LogP contribution in [0.1, 0.15) is 25.7 Å². The molecule has 4 rings (SSSR count). The van der Waals surface area contributed by atoms with Crippen LogP contribution < -0.4 is 9.47 Å². The fourth-order valence-electron chi connectivity index (χ4n) is 3.27. The molecule has 136 valence electrons. The fraction of sp³-hybridized carbons (Fsp3) is 0.217. The number of hydrogen-bond acceptors (Lipinski definition) is 4. The second-order valence-electron chi connectivity index (χ2n) is 6.64. The van der Waals surface area contributed by atoms with E-state index in [1.165, 1.54) is 11.6 Å². The average Bonchev–Trinajstić information content (AvgIpc) is 2.72. The van der Waals surface area contributed by atoms with Crippen molar-refractivity contribution in [2.75, 3.05) is 6.61 Å². The number of carbonyl (C=O) groups is 2. The lowest BCUT2D eigenvalue weighted by Crippen LogP contribution is -2.24. The van der Waals surface area contributed by atoms with Gasteiger partial charge in [0.25, 0.3) is 0 Å². The fourth-order valence-corrected chi connectivity index (χ4v) is 3.27. The van der Waals surface area contributed by atoms with E-state index in [-0.39, 0.29) is 17.3 Å². The van der Waals surface area contributed by atoms with Crippen LogP contribution >= 0.6 is 0 Å². The summed E-state index contributed by atoms with van der Waals surface area (Å²) in [6.07, 6.45) is 15.0.